The normalized spacial score (nSPS) is 13.1. The van der Waals surface area contributed by atoms with Crippen molar-refractivity contribution in [3.05, 3.63) is 24.3 Å². The zero-order valence-electron chi connectivity index (χ0n) is 12.5. The number of ether oxygens (including phenoxy) is 1. The van der Waals surface area contributed by atoms with Gasteiger partial charge in [0, 0.05) is 6.54 Å². The molecule has 0 aliphatic carbocycles. The smallest absolute Gasteiger partial charge is 0.240 e. The van der Waals surface area contributed by atoms with Gasteiger partial charge in [-0.15, -0.1) is 0 Å². The predicted molar refractivity (Wildman–Crippen MR) is 88.3 cm³/mol. The Morgan fingerprint density at radius 3 is 2.57 bits per heavy atom. The molecule has 0 heterocycles. The van der Waals surface area contributed by atoms with Crippen LogP contribution in [-0.4, -0.2) is 40.1 Å². The fourth-order valence-electron chi connectivity index (χ4n) is 1.67. The van der Waals surface area contributed by atoms with Gasteiger partial charge in [0.1, 0.15) is 5.75 Å². The van der Waals surface area contributed by atoms with Gasteiger partial charge in [0.05, 0.1) is 11.5 Å². The first-order valence-electron chi connectivity index (χ1n) is 6.91. The van der Waals surface area contributed by atoms with Crippen LogP contribution in [-0.2, 0) is 10.0 Å². The largest absolute Gasteiger partial charge is 0.494 e. The van der Waals surface area contributed by atoms with Gasteiger partial charge in [-0.2, -0.15) is 11.8 Å². The minimum Gasteiger partial charge on any atom is -0.494 e. The average Bonchev–Trinajstić information content (AvgIpc) is 2.46. The maximum atomic E-state index is 12.1. The molecule has 1 rings (SSSR count). The summed E-state index contributed by atoms with van der Waals surface area (Å²) in [5.74, 6) is 1.88. The molecule has 0 spiro atoms. The molecule has 3 N–H and O–H groups in total. The summed E-state index contributed by atoms with van der Waals surface area (Å²) in [5, 5.41) is 0. The molecule has 0 aliphatic rings. The van der Waals surface area contributed by atoms with E-state index in [1.165, 1.54) is 0 Å². The van der Waals surface area contributed by atoms with Crippen LogP contribution < -0.4 is 15.2 Å². The number of hydrogen-bond donors (Lipinski definition) is 2. The molecule has 1 aromatic carbocycles. The first kappa shape index (κ1) is 18.3. The molecule has 0 saturated carbocycles. The number of sulfonamides is 1. The second-order valence-corrected chi connectivity index (χ2v) is 7.55. The lowest BCUT2D eigenvalue weighted by Gasteiger charge is -2.12. The molecule has 1 unspecified atom stereocenters. The number of benzene rings is 1. The Morgan fingerprint density at radius 1 is 1.33 bits per heavy atom. The molecular weight excluding hydrogens is 308 g/mol. The third kappa shape index (κ3) is 6.69. The Hall–Kier alpha value is -0.760. The Kier molecular flexibility index (Phi) is 8.10. The fourth-order valence-corrected chi connectivity index (χ4v) is 3.52. The van der Waals surface area contributed by atoms with E-state index in [1.54, 1.807) is 36.0 Å². The maximum Gasteiger partial charge on any atom is 0.240 e. The van der Waals surface area contributed by atoms with Crippen molar-refractivity contribution >= 4 is 21.8 Å². The second kappa shape index (κ2) is 9.30. The quantitative estimate of drug-likeness (QED) is 0.637. The summed E-state index contributed by atoms with van der Waals surface area (Å²) < 4.78 is 32.4. The Labute approximate surface area is 131 Å². The van der Waals surface area contributed by atoms with Crippen molar-refractivity contribution in [2.75, 3.05) is 31.7 Å². The summed E-state index contributed by atoms with van der Waals surface area (Å²) in [6, 6.07) is 6.44. The molecule has 0 fully saturated rings. The molecular formula is C14H24N2O3S2. The third-order valence-electron chi connectivity index (χ3n) is 2.82. The summed E-state index contributed by atoms with van der Waals surface area (Å²) in [6.07, 6.45) is 2.78. The third-order valence-corrected chi connectivity index (χ3v) is 5.17. The van der Waals surface area contributed by atoms with Crippen LogP contribution in [0.4, 0.5) is 0 Å². The summed E-state index contributed by atoms with van der Waals surface area (Å²) in [6.45, 7) is 3.57. The van der Waals surface area contributed by atoms with Gasteiger partial charge in [0.25, 0.3) is 0 Å². The predicted octanol–water partition coefficient (Wildman–Crippen LogP) is 1.69. The zero-order valence-corrected chi connectivity index (χ0v) is 14.2. The lowest BCUT2D eigenvalue weighted by Crippen LogP contribution is -2.29. The van der Waals surface area contributed by atoms with Crippen molar-refractivity contribution < 1.29 is 13.2 Å². The minimum absolute atomic E-state index is 0.255. The summed E-state index contributed by atoms with van der Waals surface area (Å²) in [4.78, 5) is 0.255. The first-order valence-corrected chi connectivity index (χ1v) is 9.79. The van der Waals surface area contributed by atoms with Crippen LogP contribution in [0.25, 0.3) is 0 Å². The standard InChI is InChI=1S/C14H24N2O3S2/c1-12(11-20-2)10-16-21(17,18)14-6-4-13(5-7-14)19-9-3-8-15/h4-7,12,16H,3,8-11,15H2,1-2H3. The maximum absolute atomic E-state index is 12.1. The first-order chi connectivity index (χ1) is 9.99. The van der Waals surface area contributed by atoms with Crippen LogP contribution >= 0.6 is 11.8 Å². The molecule has 5 nitrogen and oxygen atoms in total. The topological polar surface area (TPSA) is 81.4 Å². The summed E-state index contributed by atoms with van der Waals surface area (Å²) in [5.41, 5.74) is 5.38. The van der Waals surface area contributed by atoms with Gasteiger partial charge in [-0.25, -0.2) is 13.1 Å². The summed E-state index contributed by atoms with van der Waals surface area (Å²) >= 11 is 1.71. The van der Waals surface area contributed by atoms with Crippen molar-refractivity contribution in [2.24, 2.45) is 11.7 Å². The van der Waals surface area contributed by atoms with Gasteiger partial charge in [-0.05, 0) is 55.2 Å². The number of hydrogen-bond acceptors (Lipinski definition) is 5. The van der Waals surface area contributed by atoms with E-state index in [0.29, 0.717) is 31.4 Å². The van der Waals surface area contributed by atoms with Crippen LogP contribution in [0.2, 0.25) is 0 Å². The van der Waals surface area contributed by atoms with E-state index < -0.39 is 10.0 Å². The van der Waals surface area contributed by atoms with E-state index in [1.807, 2.05) is 13.2 Å². The minimum atomic E-state index is -3.45. The molecule has 0 radical (unpaired) electrons. The molecule has 0 amide bonds. The number of nitrogens with two attached hydrogens (primary N) is 1. The van der Waals surface area contributed by atoms with E-state index in [-0.39, 0.29) is 4.90 Å². The molecule has 1 aromatic rings. The lowest BCUT2D eigenvalue weighted by atomic mass is 10.2. The highest BCUT2D eigenvalue weighted by atomic mass is 32.2. The molecule has 0 saturated heterocycles. The van der Waals surface area contributed by atoms with Gasteiger partial charge >= 0.3 is 0 Å². The van der Waals surface area contributed by atoms with Crippen LogP contribution in [0, 0.1) is 5.92 Å². The van der Waals surface area contributed by atoms with Crippen molar-refractivity contribution in [2.45, 2.75) is 18.2 Å². The monoisotopic (exact) mass is 332 g/mol. The van der Waals surface area contributed by atoms with Crippen molar-refractivity contribution in [3.63, 3.8) is 0 Å². The Bertz CT molecular complexity index is 503. The lowest BCUT2D eigenvalue weighted by molar-refractivity contribution is 0.313. The average molecular weight is 332 g/mol. The number of thioether (sulfide) groups is 1. The van der Waals surface area contributed by atoms with E-state index >= 15 is 0 Å². The molecule has 7 heteroatoms. The van der Waals surface area contributed by atoms with Crippen LogP contribution in [0.3, 0.4) is 0 Å². The van der Waals surface area contributed by atoms with E-state index in [2.05, 4.69) is 4.72 Å². The molecule has 0 bridgehead atoms. The van der Waals surface area contributed by atoms with Gasteiger partial charge in [-0.3, -0.25) is 0 Å². The van der Waals surface area contributed by atoms with Crippen LogP contribution in [0.1, 0.15) is 13.3 Å². The van der Waals surface area contributed by atoms with E-state index in [0.717, 1.165) is 12.2 Å². The van der Waals surface area contributed by atoms with E-state index in [9.17, 15) is 8.42 Å². The SMILES string of the molecule is CSCC(C)CNS(=O)(=O)c1ccc(OCCCN)cc1. The molecule has 1 atom stereocenters. The summed E-state index contributed by atoms with van der Waals surface area (Å²) in [7, 11) is -3.45. The number of rotatable bonds is 10. The molecule has 120 valence electrons. The Morgan fingerprint density at radius 2 is 2.00 bits per heavy atom. The highest BCUT2D eigenvalue weighted by Crippen LogP contribution is 2.16. The molecule has 21 heavy (non-hydrogen) atoms. The van der Waals surface area contributed by atoms with Gasteiger partial charge in [0.2, 0.25) is 10.0 Å². The zero-order chi connectivity index (χ0) is 15.7. The highest BCUT2D eigenvalue weighted by molar-refractivity contribution is 7.98. The molecule has 0 aromatic heterocycles. The van der Waals surface area contributed by atoms with Crippen LogP contribution in [0.15, 0.2) is 29.2 Å². The Balaban J connectivity index is 2.58. The van der Waals surface area contributed by atoms with E-state index in [4.69, 9.17) is 10.5 Å². The van der Waals surface area contributed by atoms with Gasteiger partial charge in [0.15, 0.2) is 0 Å². The van der Waals surface area contributed by atoms with Crippen molar-refractivity contribution in [1.82, 2.24) is 4.72 Å². The second-order valence-electron chi connectivity index (χ2n) is 4.87. The van der Waals surface area contributed by atoms with Crippen molar-refractivity contribution in [1.29, 1.82) is 0 Å². The molecule has 0 aliphatic heterocycles. The highest BCUT2D eigenvalue weighted by Gasteiger charge is 2.15. The van der Waals surface area contributed by atoms with Crippen molar-refractivity contribution in [3.8, 4) is 5.75 Å². The van der Waals surface area contributed by atoms with Gasteiger partial charge in [-0.1, -0.05) is 6.92 Å². The van der Waals surface area contributed by atoms with Gasteiger partial charge < -0.3 is 10.5 Å². The van der Waals surface area contributed by atoms with Crippen LogP contribution in [0.5, 0.6) is 5.75 Å². The fraction of sp³-hybridized carbons (Fsp3) is 0.571. The number of nitrogens with one attached hydrogen (secondary N) is 1.